The van der Waals surface area contributed by atoms with Crippen LogP contribution in [0.5, 0.6) is 0 Å². The van der Waals surface area contributed by atoms with Crippen molar-refractivity contribution in [2.75, 3.05) is 0 Å². The Hall–Kier alpha value is -5.65. The molecule has 0 bridgehead atoms. The molecule has 9 aromatic rings. The van der Waals surface area contributed by atoms with Crippen LogP contribution in [0.25, 0.3) is 87.4 Å². The Morgan fingerprint density at radius 1 is 0.500 bits per heavy atom. The predicted molar refractivity (Wildman–Crippen MR) is 182 cm³/mol. The van der Waals surface area contributed by atoms with Gasteiger partial charge in [0, 0.05) is 47.6 Å². The Bertz CT molecular complexity index is 2940. The Balaban J connectivity index is 1.23. The van der Waals surface area contributed by atoms with Crippen molar-refractivity contribution in [1.29, 1.82) is 0 Å². The summed E-state index contributed by atoms with van der Waals surface area (Å²) in [5.41, 5.74) is 3.00. The summed E-state index contributed by atoms with van der Waals surface area (Å²) in [6, 6.07) is 20.1. The summed E-state index contributed by atoms with van der Waals surface area (Å²) in [7, 11) is 0. The Labute approximate surface area is 271 Å². The third-order valence-corrected chi connectivity index (χ3v) is 8.75. The first-order valence-corrected chi connectivity index (χ1v) is 14.5. The number of aromatic nitrogens is 3. The van der Waals surface area contributed by atoms with E-state index in [1.807, 2.05) is 30.3 Å². The Morgan fingerprint density at radius 3 is 1.91 bits per heavy atom. The summed E-state index contributed by atoms with van der Waals surface area (Å²) >= 11 is 1.75. The van der Waals surface area contributed by atoms with Crippen molar-refractivity contribution < 1.29 is 18.1 Å². The van der Waals surface area contributed by atoms with Crippen LogP contribution in [0.1, 0.15) is 13.7 Å². The first kappa shape index (κ1) is 16.8. The second-order valence-electron chi connectivity index (χ2n) is 10.1. The van der Waals surface area contributed by atoms with Gasteiger partial charge < -0.3 is 4.42 Å². The molecule has 0 saturated heterocycles. The lowest BCUT2D eigenvalue weighted by atomic mass is 10.0. The summed E-state index contributed by atoms with van der Waals surface area (Å²) in [5.74, 6) is -0.694. The molecule has 4 nitrogen and oxygen atoms in total. The molecule has 0 radical (unpaired) electrons. The zero-order valence-corrected chi connectivity index (χ0v) is 23.5. The fourth-order valence-electron chi connectivity index (χ4n) is 5.51. The lowest BCUT2D eigenvalue weighted by Gasteiger charge is -2.08. The summed E-state index contributed by atoms with van der Waals surface area (Å²) in [5, 5.41) is 4.09. The lowest BCUT2D eigenvalue weighted by Crippen LogP contribution is -2.00. The molecule has 5 heteroatoms. The van der Waals surface area contributed by atoms with E-state index in [0.29, 0.717) is 16.7 Å². The van der Waals surface area contributed by atoms with Crippen LogP contribution in [-0.4, -0.2) is 15.0 Å². The summed E-state index contributed by atoms with van der Waals surface area (Å²) in [6.45, 7) is 0. The maximum atomic E-state index is 8.58. The molecular formula is C39H23N3OS. The average Bonchev–Trinajstić information content (AvgIpc) is 3.75. The van der Waals surface area contributed by atoms with E-state index in [1.165, 1.54) is 20.2 Å². The van der Waals surface area contributed by atoms with Gasteiger partial charge >= 0.3 is 0 Å². The van der Waals surface area contributed by atoms with E-state index in [0.717, 1.165) is 21.9 Å². The van der Waals surface area contributed by atoms with Crippen molar-refractivity contribution in [1.82, 2.24) is 15.0 Å². The fourth-order valence-corrected chi connectivity index (χ4v) is 6.75. The minimum atomic E-state index is -0.607. The van der Waals surface area contributed by atoms with Crippen LogP contribution >= 0.6 is 11.3 Å². The first-order valence-electron chi connectivity index (χ1n) is 18.7. The van der Waals surface area contributed by atoms with Crippen molar-refractivity contribution in [3.63, 3.8) is 0 Å². The second kappa shape index (κ2) is 9.97. The molecule has 0 aliphatic heterocycles. The molecule has 0 atom stereocenters. The number of furan rings is 1. The molecule has 0 saturated carbocycles. The topological polar surface area (TPSA) is 51.8 Å². The first-order chi connectivity index (χ1) is 25.9. The highest BCUT2D eigenvalue weighted by molar-refractivity contribution is 7.26. The number of hydrogen-bond donors (Lipinski definition) is 0. The lowest BCUT2D eigenvalue weighted by molar-refractivity contribution is 0.669. The maximum absolute atomic E-state index is 8.58. The van der Waals surface area contributed by atoms with Crippen molar-refractivity contribution in [2.45, 2.75) is 0 Å². The van der Waals surface area contributed by atoms with Gasteiger partial charge in [-0.1, -0.05) is 109 Å². The molecule has 0 amide bonds. The van der Waals surface area contributed by atoms with Gasteiger partial charge in [0.25, 0.3) is 0 Å². The molecule has 44 heavy (non-hydrogen) atoms. The smallest absolute Gasteiger partial charge is 0.164 e. The molecule has 0 aliphatic rings. The molecular weight excluding hydrogens is 559 g/mol. The number of fused-ring (bicyclic) bond motifs is 6. The van der Waals surface area contributed by atoms with Crippen LogP contribution < -0.4 is 0 Å². The zero-order valence-electron chi connectivity index (χ0n) is 32.7. The van der Waals surface area contributed by atoms with Crippen molar-refractivity contribution >= 4 is 53.4 Å². The normalized spacial score (nSPS) is 14.8. The van der Waals surface area contributed by atoms with Crippen LogP contribution in [0.4, 0.5) is 0 Å². The van der Waals surface area contributed by atoms with Crippen LogP contribution in [0, 0.1) is 0 Å². The standard InChI is InChI=1S/C39H23N3OS/c1-3-10-24(11-4-1)37-40-38(25-12-5-2-6-13-25)42-39(41-37)27-18-20-29-32-22-26(19-21-33(32)43-34(29)23-27)28-15-9-16-31-30-14-7-8-17-35(30)44-36(28)31/h1-23H/i1D,2D,3D,4D,5D,6D,10D,11D,12D,13D. The molecule has 0 aliphatic carbocycles. The molecule has 0 fully saturated rings. The quantitative estimate of drug-likeness (QED) is 0.204. The third kappa shape index (κ3) is 4.09. The van der Waals surface area contributed by atoms with Gasteiger partial charge in [0.2, 0.25) is 0 Å². The van der Waals surface area contributed by atoms with E-state index in [2.05, 4.69) is 51.4 Å². The zero-order chi connectivity index (χ0) is 37.7. The van der Waals surface area contributed by atoms with Crippen LogP contribution in [0.15, 0.2) is 144 Å². The second-order valence-corrected chi connectivity index (χ2v) is 11.2. The Morgan fingerprint density at radius 2 is 1.16 bits per heavy atom. The van der Waals surface area contributed by atoms with Crippen LogP contribution in [-0.2, 0) is 0 Å². The van der Waals surface area contributed by atoms with Gasteiger partial charge in [-0.3, -0.25) is 0 Å². The van der Waals surface area contributed by atoms with Crippen molar-refractivity contribution in [3.05, 3.63) is 139 Å². The largest absolute Gasteiger partial charge is 0.456 e. The molecule has 6 aromatic carbocycles. The molecule has 206 valence electrons. The van der Waals surface area contributed by atoms with E-state index in [4.69, 9.17) is 18.1 Å². The SMILES string of the molecule is [2H]c1c([2H])c([2H])c(-c2nc(-c3ccc4c(c3)oc3ccc(-c5cccc6c5sc5ccccc56)cc34)nc(-c3c([2H])c([2H])c([2H])c([2H])c3[2H])n2)c([2H])c1[2H]. The monoisotopic (exact) mass is 591 g/mol. The van der Waals surface area contributed by atoms with Crippen molar-refractivity contribution in [2.24, 2.45) is 0 Å². The van der Waals surface area contributed by atoms with Gasteiger partial charge in [-0.05, 0) is 41.5 Å². The van der Waals surface area contributed by atoms with E-state index in [1.54, 1.807) is 23.5 Å². The van der Waals surface area contributed by atoms with Gasteiger partial charge in [0.1, 0.15) is 11.2 Å². The van der Waals surface area contributed by atoms with E-state index in [-0.39, 0.29) is 28.6 Å². The minimum absolute atomic E-state index is 0.0342. The number of thiophene rings is 1. The van der Waals surface area contributed by atoms with Gasteiger partial charge in [0.15, 0.2) is 17.5 Å². The molecule has 0 unspecified atom stereocenters. The predicted octanol–water partition coefficient (Wildman–Crippen LogP) is 10.8. The minimum Gasteiger partial charge on any atom is -0.456 e. The third-order valence-electron chi connectivity index (χ3n) is 7.53. The molecule has 0 spiro atoms. The maximum Gasteiger partial charge on any atom is 0.164 e. The number of hydrogen-bond acceptors (Lipinski definition) is 5. The number of nitrogens with zero attached hydrogens (tertiary/aromatic N) is 3. The van der Waals surface area contributed by atoms with E-state index in [9.17, 15) is 0 Å². The van der Waals surface area contributed by atoms with Crippen LogP contribution in [0.2, 0.25) is 0 Å². The number of rotatable bonds is 4. The molecule has 3 heterocycles. The van der Waals surface area contributed by atoms with Gasteiger partial charge in [0.05, 0.1) is 13.7 Å². The van der Waals surface area contributed by atoms with E-state index >= 15 is 0 Å². The van der Waals surface area contributed by atoms with Crippen molar-refractivity contribution in [3.8, 4) is 45.3 Å². The fraction of sp³-hybridized carbons (Fsp3) is 0. The molecule has 0 N–H and O–H groups in total. The summed E-state index contributed by atoms with van der Waals surface area (Å²) in [4.78, 5) is 13.4. The van der Waals surface area contributed by atoms with Gasteiger partial charge in [-0.15, -0.1) is 11.3 Å². The van der Waals surface area contributed by atoms with E-state index < -0.39 is 60.4 Å². The highest BCUT2D eigenvalue weighted by atomic mass is 32.1. The summed E-state index contributed by atoms with van der Waals surface area (Å²) in [6.07, 6.45) is 0. The summed E-state index contributed by atoms with van der Waals surface area (Å²) < 4.78 is 92.0. The average molecular weight is 592 g/mol. The molecule has 9 rings (SSSR count). The molecule has 3 aromatic heterocycles. The van der Waals surface area contributed by atoms with Gasteiger partial charge in [-0.2, -0.15) is 0 Å². The number of benzene rings is 6. The Kier molecular flexibility index (Phi) is 3.82. The highest BCUT2D eigenvalue weighted by Gasteiger charge is 2.16. The highest BCUT2D eigenvalue weighted by Crippen LogP contribution is 2.41. The van der Waals surface area contributed by atoms with Crippen LogP contribution in [0.3, 0.4) is 0 Å². The van der Waals surface area contributed by atoms with Gasteiger partial charge in [-0.25, -0.2) is 15.0 Å².